The molecule has 2 N–H and O–H groups in total. The third-order valence-corrected chi connectivity index (χ3v) is 11.6. The summed E-state index contributed by atoms with van der Waals surface area (Å²) < 4.78 is 13.6. The molecule has 56 heavy (non-hydrogen) atoms. The van der Waals surface area contributed by atoms with Crippen LogP contribution in [0.4, 0.5) is 0 Å². The molecule has 0 atom stereocenters. The summed E-state index contributed by atoms with van der Waals surface area (Å²) >= 11 is 0. The summed E-state index contributed by atoms with van der Waals surface area (Å²) in [6.07, 6.45) is 2.79. The van der Waals surface area contributed by atoms with Crippen LogP contribution in [0.15, 0.2) is 168 Å². The summed E-state index contributed by atoms with van der Waals surface area (Å²) in [5, 5.41) is 26.2. The van der Waals surface area contributed by atoms with E-state index in [1.165, 1.54) is 23.2 Å². The van der Waals surface area contributed by atoms with Gasteiger partial charge in [-0.2, -0.15) is 0 Å². The molecule has 0 saturated heterocycles. The lowest BCUT2D eigenvalue weighted by atomic mass is 10.1. The van der Waals surface area contributed by atoms with Crippen molar-refractivity contribution in [1.82, 2.24) is 13.7 Å². The fourth-order valence-electron chi connectivity index (χ4n) is 9.31. The van der Waals surface area contributed by atoms with Crippen LogP contribution in [0.25, 0.3) is 104 Å². The molecule has 0 radical (unpaired) electrons. The van der Waals surface area contributed by atoms with Gasteiger partial charge in [0.2, 0.25) is 0 Å². The minimum absolute atomic E-state index is 0.714. The molecule has 0 unspecified atom stereocenters. The van der Waals surface area contributed by atoms with E-state index in [4.69, 9.17) is 15.2 Å². The van der Waals surface area contributed by atoms with E-state index in [9.17, 15) is 0 Å². The van der Waals surface area contributed by atoms with E-state index in [1.54, 1.807) is 0 Å². The van der Waals surface area contributed by atoms with Crippen molar-refractivity contribution in [3.8, 4) is 17.1 Å². The Morgan fingerprint density at radius 3 is 1.64 bits per heavy atom. The number of furan rings is 1. The van der Waals surface area contributed by atoms with E-state index < -0.39 is 0 Å². The number of nitrogens with zero attached hydrogens (tertiary/aromatic N) is 3. The molecule has 0 saturated carbocycles. The fraction of sp³-hybridized carbons (Fsp3) is 0. The zero-order valence-electron chi connectivity index (χ0n) is 30.0. The van der Waals surface area contributed by atoms with Crippen molar-refractivity contribution in [2.45, 2.75) is 0 Å². The molecule has 4 heterocycles. The number of fused-ring (bicyclic) bond motifs is 13. The quantitative estimate of drug-likeness (QED) is 0.171. The van der Waals surface area contributed by atoms with Gasteiger partial charge in [-0.1, -0.05) is 91.0 Å². The minimum atomic E-state index is 0.714. The summed E-state index contributed by atoms with van der Waals surface area (Å²) in [4.78, 5) is 0. The van der Waals surface area contributed by atoms with Gasteiger partial charge in [-0.15, -0.1) is 0 Å². The summed E-state index contributed by atoms with van der Waals surface area (Å²) in [7, 11) is 0. The lowest BCUT2D eigenvalue weighted by Crippen LogP contribution is -2.08. The normalized spacial score (nSPS) is 12.1. The zero-order valence-corrected chi connectivity index (χ0v) is 30.0. The van der Waals surface area contributed by atoms with Crippen LogP contribution in [0.1, 0.15) is 11.1 Å². The average Bonchev–Trinajstić information content (AvgIpc) is 3.99. The summed E-state index contributed by atoms with van der Waals surface area (Å²) in [5.74, 6) is 0. The van der Waals surface area contributed by atoms with Gasteiger partial charge in [0.15, 0.2) is 0 Å². The second-order valence-electron chi connectivity index (χ2n) is 14.5. The maximum atomic E-state index is 8.83. The first kappa shape index (κ1) is 30.7. The molecule has 262 valence electrons. The fourth-order valence-corrected chi connectivity index (χ4v) is 9.31. The van der Waals surface area contributed by atoms with Crippen molar-refractivity contribution < 1.29 is 4.42 Å². The van der Waals surface area contributed by atoms with Gasteiger partial charge in [-0.3, -0.25) is 0 Å². The maximum absolute atomic E-state index is 8.83. The lowest BCUT2D eigenvalue weighted by Gasteiger charge is -2.20. The summed E-state index contributed by atoms with van der Waals surface area (Å²) in [5.41, 5.74) is 12.4. The molecule has 0 amide bonds. The van der Waals surface area contributed by atoms with Gasteiger partial charge < -0.3 is 28.9 Å². The molecule has 0 bridgehead atoms. The monoisotopic (exact) mass is 717 g/mol. The van der Waals surface area contributed by atoms with Crippen LogP contribution in [0.5, 0.6) is 0 Å². The van der Waals surface area contributed by atoms with Gasteiger partial charge in [0, 0.05) is 61.4 Å². The molecule has 12 aromatic rings. The number of aromatic nitrogens is 3. The maximum Gasteiger partial charge on any atom is 0.145 e. The second-order valence-corrected chi connectivity index (χ2v) is 14.5. The SMILES string of the molecule is N=Cc1cc(C=N)c(-n2c3ccccc3c3cc(-n4c5ccccc5c5ccccc54)ccc32)c(-n2c3ccccc3c3c4oc5ccccc5c4ccc32)c1. The Hall–Kier alpha value is -7.70. The molecule has 12 rings (SSSR count). The molecule has 0 fully saturated rings. The topological polar surface area (TPSA) is 75.6 Å². The van der Waals surface area contributed by atoms with Crippen molar-refractivity contribution >= 4 is 99.8 Å². The van der Waals surface area contributed by atoms with Crippen LogP contribution in [-0.2, 0) is 0 Å². The highest BCUT2D eigenvalue weighted by molar-refractivity contribution is 6.24. The Morgan fingerprint density at radius 2 is 0.964 bits per heavy atom. The highest BCUT2D eigenvalue weighted by atomic mass is 16.3. The van der Waals surface area contributed by atoms with E-state index in [0.29, 0.717) is 11.1 Å². The van der Waals surface area contributed by atoms with Crippen LogP contribution in [-0.4, -0.2) is 26.1 Å². The number of nitrogens with one attached hydrogen (secondary N) is 2. The standard InChI is InChI=1S/C50H31N5O/c51-28-30-25-31(29-52)49(46(26-30)54-43-19-9-4-15-38(43)48-45(54)24-22-37-36-14-5-10-20-47(36)56-50(37)48)55-42-18-8-3-13-35(42)39-27-32(21-23-44(39)55)53-40-16-6-1-11-33(40)34-12-2-7-17-41(34)53/h1-29,51-52H. The molecular weight excluding hydrogens is 687 g/mol. The zero-order chi connectivity index (χ0) is 37.1. The molecule has 0 spiro atoms. The minimum Gasteiger partial charge on any atom is -0.455 e. The van der Waals surface area contributed by atoms with E-state index >= 15 is 0 Å². The Balaban J connectivity index is 1.20. The van der Waals surface area contributed by atoms with Crippen LogP contribution in [0.3, 0.4) is 0 Å². The molecule has 8 aromatic carbocycles. The van der Waals surface area contributed by atoms with Crippen LogP contribution >= 0.6 is 0 Å². The number of para-hydroxylation sites is 5. The number of hydrogen-bond acceptors (Lipinski definition) is 3. The first-order valence-electron chi connectivity index (χ1n) is 18.8. The van der Waals surface area contributed by atoms with E-state index in [-0.39, 0.29) is 0 Å². The molecular formula is C50H31N5O. The second kappa shape index (κ2) is 11.4. The van der Waals surface area contributed by atoms with Crippen LogP contribution in [0, 0.1) is 10.8 Å². The van der Waals surface area contributed by atoms with Gasteiger partial charge in [-0.05, 0) is 78.4 Å². The van der Waals surface area contributed by atoms with Crippen molar-refractivity contribution in [2.75, 3.05) is 0 Å². The summed E-state index contributed by atoms with van der Waals surface area (Å²) in [6, 6.07) is 57.5. The Labute approximate surface area is 319 Å². The van der Waals surface area contributed by atoms with Gasteiger partial charge >= 0.3 is 0 Å². The predicted octanol–water partition coefficient (Wildman–Crippen LogP) is 12.9. The number of rotatable bonds is 5. The molecule has 0 aliphatic heterocycles. The Morgan fingerprint density at radius 1 is 0.411 bits per heavy atom. The van der Waals surface area contributed by atoms with Crippen molar-refractivity contribution in [3.63, 3.8) is 0 Å². The van der Waals surface area contributed by atoms with Gasteiger partial charge in [0.1, 0.15) is 11.2 Å². The van der Waals surface area contributed by atoms with Crippen molar-refractivity contribution in [1.29, 1.82) is 10.8 Å². The third-order valence-electron chi connectivity index (χ3n) is 11.6. The highest BCUT2D eigenvalue weighted by Crippen LogP contribution is 2.44. The highest BCUT2D eigenvalue weighted by Gasteiger charge is 2.24. The molecule has 6 heteroatoms. The van der Waals surface area contributed by atoms with Crippen molar-refractivity contribution in [2.24, 2.45) is 0 Å². The first-order valence-corrected chi connectivity index (χ1v) is 18.8. The van der Waals surface area contributed by atoms with Crippen molar-refractivity contribution in [3.05, 3.63) is 175 Å². The molecule has 0 aliphatic rings. The molecule has 6 nitrogen and oxygen atoms in total. The van der Waals surface area contributed by atoms with Crippen LogP contribution in [0.2, 0.25) is 0 Å². The first-order chi connectivity index (χ1) is 27.7. The summed E-state index contributed by atoms with van der Waals surface area (Å²) in [6.45, 7) is 0. The largest absolute Gasteiger partial charge is 0.455 e. The average molecular weight is 718 g/mol. The third kappa shape index (κ3) is 4.04. The van der Waals surface area contributed by atoms with E-state index in [2.05, 4.69) is 159 Å². The predicted molar refractivity (Wildman–Crippen MR) is 233 cm³/mol. The van der Waals surface area contributed by atoms with Crippen LogP contribution < -0.4 is 0 Å². The van der Waals surface area contributed by atoms with E-state index in [1.807, 2.05) is 18.2 Å². The van der Waals surface area contributed by atoms with Gasteiger partial charge in [-0.25, -0.2) is 0 Å². The number of hydrogen-bond donors (Lipinski definition) is 2. The van der Waals surface area contributed by atoms with Gasteiger partial charge in [0.25, 0.3) is 0 Å². The van der Waals surface area contributed by atoms with E-state index in [0.717, 1.165) is 93.6 Å². The number of benzene rings is 8. The molecule has 0 aliphatic carbocycles. The smallest absolute Gasteiger partial charge is 0.145 e. The van der Waals surface area contributed by atoms with Gasteiger partial charge in [0.05, 0.1) is 49.9 Å². The Bertz CT molecular complexity index is 3590. The molecule has 4 aromatic heterocycles. The Kier molecular flexibility index (Phi) is 6.26. The lowest BCUT2D eigenvalue weighted by molar-refractivity contribution is 0.673.